The molecular weight excluding hydrogens is 378 g/mol. The Morgan fingerprint density at radius 2 is 2.11 bits per heavy atom. The molecule has 0 N–H and O–H groups in total. The molecule has 1 aliphatic heterocycles. The number of fused-ring (bicyclic) bond motifs is 1. The number of anilines is 1. The number of amides is 1. The van der Waals surface area contributed by atoms with E-state index in [1.807, 2.05) is 24.4 Å². The lowest BCUT2D eigenvalue weighted by atomic mass is 10.1. The van der Waals surface area contributed by atoms with Gasteiger partial charge in [0.25, 0.3) is 0 Å². The van der Waals surface area contributed by atoms with Gasteiger partial charge in [0.2, 0.25) is 5.91 Å². The average Bonchev–Trinajstić information content (AvgIpc) is 3.32. The second-order valence-electron chi connectivity index (χ2n) is 6.82. The molecule has 0 atom stereocenters. The molecule has 0 fully saturated rings. The van der Waals surface area contributed by atoms with Crippen LogP contribution in [-0.4, -0.2) is 32.1 Å². The summed E-state index contributed by atoms with van der Waals surface area (Å²) in [5.41, 5.74) is 4.67. The molecular formula is C19H19N5O3S. The maximum atomic E-state index is 12.9. The number of nitrogens with zero attached hydrogens (tertiary/aromatic N) is 5. The Labute approximate surface area is 165 Å². The molecule has 0 aliphatic carbocycles. The van der Waals surface area contributed by atoms with Gasteiger partial charge in [-0.3, -0.25) is 19.6 Å². The highest BCUT2D eigenvalue weighted by molar-refractivity contribution is 7.09. The number of hydrogen-bond acceptors (Lipinski definition) is 6. The van der Waals surface area contributed by atoms with Crippen LogP contribution >= 0.6 is 11.3 Å². The number of carbonyl (C=O) groups is 1. The lowest BCUT2D eigenvalue weighted by molar-refractivity contribution is -0.386. The first-order valence-corrected chi connectivity index (χ1v) is 9.77. The van der Waals surface area contributed by atoms with Gasteiger partial charge < -0.3 is 4.90 Å². The summed E-state index contributed by atoms with van der Waals surface area (Å²) in [7, 11) is 0. The summed E-state index contributed by atoms with van der Waals surface area (Å²) >= 11 is 1.61. The maximum Gasteiger partial charge on any atom is 0.312 e. The Balaban J connectivity index is 1.57. The fourth-order valence-corrected chi connectivity index (χ4v) is 4.26. The van der Waals surface area contributed by atoms with E-state index >= 15 is 0 Å². The van der Waals surface area contributed by atoms with Crippen molar-refractivity contribution in [2.24, 2.45) is 0 Å². The third-order valence-corrected chi connectivity index (χ3v) is 5.78. The van der Waals surface area contributed by atoms with Gasteiger partial charge in [-0.2, -0.15) is 5.10 Å². The van der Waals surface area contributed by atoms with Gasteiger partial charge in [-0.05, 0) is 44.9 Å². The summed E-state index contributed by atoms with van der Waals surface area (Å²) in [6.07, 6.45) is 0.773. The Bertz CT molecular complexity index is 1100. The first-order chi connectivity index (χ1) is 13.3. The smallest absolute Gasteiger partial charge is 0.310 e. The Morgan fingerprint density at radius 1 is 1.32 bits per heavy atom. The van der Waals surface area contributed by atoms with E-state index in [9.17, 15) is 14.9 Å². The van der Waals surface area contributed by atoms with Gasteiger partial charge in [-0.15, -0.1) is 11.3 Å². The van der Waals surface area contributed by atoms with Crippen LogP contribution in [0, 0.1) is 30.9 Å². The minimum Gasteiger partial charge on any atom is -0.310 e. The van der Waals surface area contributed by atoms with Crippen molar-refractivity contribution < 1.29 is 9.72 Å². The first-order valence-electron chi connectivity index (χ1n) is 8.89. The van der Waals surface area contributed by atoms with Crippen LogP contribution in [0.4, 0.5) is 11.4 Å². The summed E-state index contributed by atoms with van der Waals surface area (Å²) < 4.78 is 1.42. The largest absolute Gasteiger partial charge is 0.312 e. The zero-order valence-electron chi connectivity index (χ0n) is 15.8. The molecule has 3 heterocycles. The van der Waals surface area contributed by atoms with E-state index in [1.54, 1.807) is 30.1 Å². The number of carbonyl (C=O) groups excluding carboxylic acids is 1. The minimum absolute atomic E-state index is 0.0208. The topological polar surface area (TPSA) is 94.2 Å². The minimum atomic E-state index is -0.453. The van der Waals surface area contributed by atoms with Crippen molar-refractivity contribution in [3.8, 4) is 11.3 Å². The van der Waals surface area contributed by atoms with Crippen LogP contribution in [0.5, 0.6) is 0 Å². The zero-order chi connectivity index (χ0) is 20.0. The van der Waals surface area contributed by atoms with Gasteiger partial charge in [-0.25, -0.2) is 4.98 Å². The SMILES string of the molecule is Cc1nc(-c2ccc3c(c2)CCN3C(=O)Cn2nc(C)c([N+](=O)[O-])c2C)cs1. The Kier molecular flexibility index (Phi) is 4.46. The van der Waals surface area contributed by atoms with Gasteiger partial charge >= 0.3 is 5.69 Å². The van der Waals surface area contributed by atoms with Gasteiger partial charge in [0, 0.05) is 23.2 Å². The quantitative estimate of drug-likeness (QED) is 0.497. The summed E-state index contributed by atoms with van der Waals surface area (Å²) in [4.78, 5) is 29.8. The van der Waals surface area contributed by atoms with Crippen LogP contribution < -0.4 is 4.90 Å². The van der Waals surface area contributed by atoms with E-state index in [0.29, 0.717) is 17.9 Å². The molecule has 1 aromatic carbocycles. The molecule has 0 radical (unpaired) electrons. The standard InChI is InChI=1S/C19H19N5O3S/c1-11-19(24(26)27)12(2)23(21-11)9-18(25)22-7-6-15-8-14(4-5-17(15)22)16-10-28-13(3)20-16/h4-5,8,10H,6-7,9H2,1-3H3. The van der Waals surface area contributed by atoms with E-state index in [2.05, 4.69) is 16.1 Å². The van der Waals surface area contributed by atoms with Crippen molar-refractivity contribution in [2.75, 3.05) is 11.4 Å². The van der Waals surface area contributed by atoms with Gasteiger partial charge in [-0.1, -0.05) is 6.07 Å². The summed E-state index contributed by atoms with van der Waals surface area (Å²) in [6, 6.07) is 6.02. The van der Waals surface area contributed by atoms with Crippen LogP contribution in [0.25, 0.3) is 11.3 Å². The van der Waals surface area contributed by atoms with Crippen molar-refractivity contribution in [1.29, 1.82) is 0 Å². The number of aryl methyl sites for hydroxylation is 2. The molecule has 0 saturated carbocycles. The monoisotopic (exact) mass is 397 g/mol. The zero-order valence-corrected chi connectivity index (χ0v) is 16.6. The van der Waals surface area contributed by atoms with Crippen LogP contribution in [0.3, 0.4) is 0 Å². The molecule has 2 aromatic heterocycles. The fourth-order valence-electron chi connectivity index (χ4n) is 3.64. The molecule has 0 unspecified atom stereocenters. The number of hydrogen-bond donors (Lipinski definition) is 0. The molecule has 4 rings (SSSR count). The van der Waals surface area contributed by atoms with E-state index < -0.39 is 4.92 Å². The maximum absolute atomic E-state index is 12.9. The van der Waals surface area contributed by atoms with E-state index in [-0.39, 0.29) is 18.1 Å². The second-order valence-corrected chi connectivity index (χ2v) is 7.89. The molecule has 1 amide bonds. The van der Waals surface area contributed by atoms with Crippen molar-refractivity contribution in [3.63, 3.8) is 0 Å². The lowest BCUT2D eigenvalue weighted by Crippen LogP contribution is -2.32. The Morgan fingerprint density at radius 3 is 2.75 bits per heavy atom. The molecule has 1 aliphatic rings. The normalized spacial score (nSPS) is 13.0. The number of thiazole rings is 1. The third kappa shape index (κ3) is 3.07. The van der Waals surface area contributed by atoms with Crippen LogP contribution in [0.15, 0.2) is 23.6 Å². The fraction of sp³-hybridized carbons (Fsp3) is 0.316. The van der Waals surface area contributed by atoms with Crippen molar-refractivity contribution in [2.45, 2.75) is 33.7 Å². The molecule has 144 valence electrons. The predicted molar refractivity (Wildman–Crippen MR) is 107 cm³/mol. The highest BCUT2D eigenvalue weighted by Crippen LogP contribution is 2.33. The molecule has 9 heteroatoms. The molecule has 28 heavy (non-hydrogen) atoms. The predicted octanol–water partition coefficient (Wildman–Crippen LogP) is 3.43. The average molecular weight is 397 g/mol. The molecule has 8 nitrogen and oxygen atoms in total. The highest BCUT2D eigenvalue weighted by atomic mass is 32.1. The van der Waals surface area contributed by atoms with Crippen molar-refractivity contribution >= 4 is 28.6 Å². The summed E-state index contributed by atoms with van der Waals surface area (Å²) in [5.74, 6) is -0.128. The van der Waals surface area contributed by atoms with Gasteiger partial charge in [0.05, 0.1) is 15.6 Å². The number of nitro groups is 1. The van der Waals surface area contributed by atoms with Crippen molar-refractivity contribution in [3.05, 3.63) is 55.7 Å². The number of benzene rings is 1. The highest BCUT2D eigenvalue weighted by Gasteiger charge is 2.28. The summed E-state index contributed by atoms with van der Waals surface area (Å²) in [6.45, 7) is 5.75. The van der Waals surface area contributed by atoms with E-state index in [1.165, 1.54) is 4.68 Å². The molecule has 3 aromatic rings. The van der Waals surface area contributed by atoms with Gasteiger partial charge in [0.15, 0.2) is 0 Å². The molecule has 0 bridgehead atoms. The van der Waals surface area contributed by atoms with Crippen LogP contribution in [-0.2, 0) is 17.8 Å². The lowest BCUT2D eigenvalue weighted by Gasteiger charge is -2.18. The third-order valence-electron chi connectivity index (χ3n) is 5.00. The first kappa shape index (κ1) is 18.3. The molecule has 0 spiro atoms. The molecule has 0 saturated heterocycles. The van der Waals surface area contributed by atoms with E-state index in [0.717, 1.165) is 33.9 Å². The van der Waals surface area contributed by atoms with Crippen LogP contribution in [0.1, 0.15) is 22.0 Å². The Hall–Kier alpha value is -3.07. The van der Waals surface area contributed by atoms with Crippen LogP contribution in [0.2, 0.25) is 0 Å². The van der Waals surface area contributed by atoms with Gasteiger partial charge in [0.1, 0.15) is 17.9 Å². The summed E-state index contributed by atoms with van der Waals surface area (Å²) in [5, 5.41) is 18.4. The number of aromatic nitrogens is 3. The van der Waals surface area contributed by atoms with Crippen molar-refractivity contribution in [1.82, 2.24) is 14.8 Å². The van der Waals surface area contributed by atoms with E-state index in [4.69, 9.17) is 0 Å². The number of rotatable bonds is 4. The second kappa shape index (κ2) is 6.83.